The first-order chi connectivity index (χ1) is 13.6. The minimum atomic E-state index is -3.45. The van der Waals surface area contributed by atoms with Crippen molar-refractivity contribution >= 4 is 33.2 Å². The maximum absolute atomic E-state index is 12.5. The van der Waals surface area contributed by atoms with Gasteiger partial charge in [-0.05, 0) is 62.1 Å². The van der Waals surface area contributed by atoms with E-state index in [-0.39, 0.29) is 24.9 Å². The zero-order valence-electron chi connectivity index (χ0n) is 17.4. The molecule has 0 aliphatic rings. The molecule has 1 N–H and O–H groups in total. The summed E-state index contributed by atoms with van der Waals surface area (Å²) in [5.41, 5.74) is 4.00. The van der Waals surface area contributed by atoms with Gasteiger partial charge in [-0.15, -0.1) is 0 Å². The summed E-state index contributed by atoms with van der Waals surface area (Å²) in [7, 11) is -3.45. The van der Waals surface area contributed by atoms with Crippen molar-refractivity contribution in [2.75, 3.05) is 17.1 Å². The molecule has 0 aliphatic heterocycles. The lowest BCUT2D eigenvalue weighted by Crippen LogP contribution is -2.33. The topological polar surface area (TPSA) is 66.5 Å². The highest BCUT2D eigenvalue weighted by molar-refractivity contribution is 7.92. The monoisotopic (exact) mass is 436 g/mol. The zero-order valence-corrected chi connectivity index (χ0v) is 19.0. The molecule has 2 aromatic carbocycles. The number of amides is 1. The summed E-state index contributed by atoms with van der Waals surface area (Å²) in [6.45, 7) is 6.36. The molecule has 0 saturated carbocycles. The Morgan fingerprint density at radius 3 is 2.34 bits per heavy atom. The van der Waals surface area contributed by atoms with Crippen LogP contribution < -0.4 is 9.62 Å². The van der Waals surface area contributed by atoms with Crippen LogP contribution in [0.3, 0.4) is 0 Å². The Kier molecular flexibility index (Phi) is 8.11. The molecule has 0 unspecified atom stereocenters. The van der Waals surface area contributed by atoms with Gasteiger partial charge >= 0.3 is 0 Å². The van der Waals surface area contributed by atoms with E-state index >= 15 is 0 Å². The summed E-state index contributed by atoms with van der Waals surface area (Å²) in [5.74, 6) is -0.0821. The molecule has 7 heteroatoms. The van der Waals surface area contributed by atoms with E-state index in [2.05, 4.69) is 17.4 Å². The van der Waals surface area contributed by atoms with Gasteiger partial charge in [-0.3, -0.25) is 9.10 Å². The fourth-order valence-electron chi connectivity index (χ4n) is 3.36. The zero-order chi connectivity index (χ0) is 21.6. The second-order valence-corrected chi connectivity index (χ2v) is 9.65. The molecule has 1 atom stereocenters. The molecule has 0 saturated heterocycles. The molecule has 0 spiro atoms. The number of hydrogen-bond donors (Lipinski definition) is 1. The van der Waals surface area contributed by atoms with Gasteiger partial charge in [-0.25, -0.2) is 8.42 Å². The molecular weight excluding hydrogens is 408 g/mol. The lowest BCUT2D eigenvalue weighted by atomic mass is 9.97. The molecule has 0 aromatic heterocycles. The number of carbonyl (C=O) groups is 1. The van der Waals surface area contributed by atoms with Crippen molar-refractivity contribution in [3.05, 3.63) is 64.2 Å². The second kappa shape index (κ2) is 10.1. The van der Waals surface area contributed by atoms with Crippen molar-refractivity contribution in [2.45, 2.75) is 46.1 Å². The average molecular weight is 437 g/mol. The van der Waals surface area contributed by atoms with Gasteiger partial charge in [-0.1, -0.05) is 42.3 Å². The maximum atomic E-state index is 12.5. The smallest absolute Gasteiger partial charge is 0.232 e. The van der Waals surface area contributed by atoms with E-state index in [1.165, 1.54) is 9.87 Å². The summed E-state index contributed by atoms with van der Waals surface area (Å²) in [6.07, 6.45) is 2.62. The summed E-state index contributed by atoms with van der Waals surface area (Å²) in [6, 6.07) is 12.8. The van der Waals surface area contributed by atoms with E-state index in [4.69, 9.17) is 11.6 Å². The first kappa shape index (κ1) is 23.2. The Labute approximate surface area is 179 Å². The van der Waals surface area contributed by atoms with Crippen LogP contribution in [0.5, 0.6) is 0 Å². The van der Waals surface area contributed by atoms with Gasteiger partial charge in [-0.2, -0.15) is 0 Å². The van der Waals surface area contributed by atoms with Gasteiger partial charge in [0.25, 0.3) is 0 Å². The van der Waals surface area contributed by atoms with Gasteiger partial charge in [0.1, 0.15) is 0 Å². The van der Waals surface area contributed by atoms with Crippen LogP contribution in [0, 0.1) is 13.8 Å². The van der Waals surface area contributed by atoms with Crippen molar-refractivity contribution in [1.29, 1.82) is 0 Å². The predicted octanol–water partition coefficient (Wildman–Crippen LogP) is 4.77. The van der Waals surface area contributed by atoms with Gasteiger partial charge in [0.15, 0.2) is 0 Å². The number of benzene rings is 2. The first-order valence-corrected chi connectivity index (χ1v) is 11.9. The third-order valence-corrected chi connectivity index (χ3v) is 6.27. The largest absolute Gasteiger partial charge is 0.349 e. The van der Waals surface area contributed by atoms with Crippen molar-refractivity contribution in [1.82, 2.24) is 5.32 Å². The molecule has 158 valence electrons. The minimum Gasteiger partial charge on any atom is -0.349 e. The van der Waals surface area contributed by atoms with E-state index in [0.717, 1.165) is 23.8 Å². The van der Waals surface area contributed by atoms with E-state index in [0.29, 0.717) is 17.1 Å². The SMILES string of the molecule is CC[C@@H](NC(=O)CCCN(c1ccc(Cl)cc1)S(C)(=O)=O)c1ccc(C)cc1C. The second-order valence-electron chi connectivity index (χ2n) is 7.30. The number of sulfonamides is 1. The van der Waals surface area contributed by atoms with Crippen molar-refractivity contribution in [3.8, 4) is 0 Å². The van der Waals surface area contributed by atoms with Gasteiger partial charge < -0.3 is 5.32 Å². The fraction of sp³-hybridized carbons (Fsp3) is 0.409. The lowest BCUT2D eigenvalue weighted by molar-refractivity contribution is -0.121. The first-order valence-electron chi connectivity index (χ1n) is 9.71. The maximum Gasteiger partial charge on any atom is 0.232 e. The van der Waals surface area contributed by atoms with E-state index < -0.39 is 10.0 Å². The molecule has 0 aliphatic carbocycles. The fourth-order valence-corrected chi connectivity index (χ4v) is 4.45. The highest BCUT2D eigenvalue weighted by Gasteiger charge is 2.19. The Balaban J connectivity index is 1.98. The Hall–Kier alpha value is -2.05. The summed E-state index contributed by atoms with van der Waals surface area (Å²) >= 11 is 5.89. The molecular formula is C22H29ClN2O3S. The molecule has 5 nitrogen and oxygen atoms in total. The highest BCUT2D eigenvalue weighted by Crippen LogP contribution is 2.23. The molecule has 1 amide bonds. The van der Waals surface area contributed by atoms with Crippen molar-refractivity contribution < 1.29 is 13.2 Å². The molecule has 0 bridgehead atoms. The normalized spacial score (nSPS) is 12.4. The number of hydrogen-bond acceptors (Lipinski definition) is 3. The van der Waals surface area contributed by atoms with Crippen LogP contribution in [0.15, 0.2) is 42.5 Å². The van der Waals surface area contributed by atoms with E-state index in [9.17, 15) is 13.2 Å². The summed E-state index contributed by atoms with van der Waals surface area (Å²) in [4.78, 5) is 12.5. The average Bonchev–Trinajstić information content (AvgIpc) is 2.64. The standard InChI is InChI=1S/C22H29ClN2O3S/c1-5-21(20-13-8-16(2)15-17(20)3)24-22(26)7-6-14-25(29(4,27)28)19-11-9-18(23)10-12-19/h8-13,15,21H,5-7,14H2,1-4H3,(H,24,26)/t21-/m1/s1. The Morgan fingerprint density at radius 2 is 1.79 bits per heavy atom. The third kappa shape index (κ3) is 6.75. The molecule has 0 radical (unpaired) electrons. The lowest BCUT2D eigenvalue weighted by Gasteiger charge is -2.23. The summed E-state index contributed by atoms with van der Waals surface area (Å²) < 4.78 is 25.6. The van der Waals surface area contributed by atoms with E-state index in [1.54, 1.807) is 24.3 Å². The number of rotatable bonds is 9. The van der Waals surface area contributed by atoms with E-state index in [1.807, 2.05) is 26.8 Å². The van der Waals surface area contributed by atoms with Crippen LogP contribution in [0.2, 0.25) is 5.02 Å². The number of nitrogens with zero attached hydrogens (tertiary/aromatic N) is 1. The van der Waals surface area contributed by atoms with Crippen LogP contribution in [0.25, 0.3) is 0 Å². The Bertz CT molecular complexity index is 943. The van der Waals surface area contributed by atoms with Crippen LogP contribution >= 0.6 is 11.6 Å². The molecule has 2 aromatic rings. The van der Waals surface area contributed by atoms with Crippen LogP contribution in [0.4, 0.5) is 5.69 Å². The van der Waals surface area contributed by atoms with Crippen molar-refractivity contribution in [3.63, 3.8) is 0 Å². The van der Waals surface area contributed by atoms with Crippen LogP contribution in [0.1, 0.15) is 48.9 Å². The highest BCUT2D eigenvalue weighted by atomic mass is 35.5. The van der Waals surface area contributed by atoms with Crippen LogP contribution in [-0.4, -0.2) is 27.1 Å². The number of aryl methyl sites for hydroxylation is 2. The molecule has 29 heavy (non-hydrogen) atoms. The minimum absolute atomic E-state index is 0.0506. The quantitative estimate of drug-likeness (QED) is 0.615. The van der Waals surface area contributed by atoms with Gasteiger partial charge in [0, 0.05) is 18.0 Å². The van der Waals surface area contributed by atoms with Crippen molar-refractivity contribution in [2.24, 2.45) is 0 Å². The van der Waals surface area contributed by atoms with Gasteiger partial charge in [0.2, 0.25) is 15.9 Å². The number of anilines is 1. The summed E-state index contributed by atoms with van der Waals surface area (Å²) in [5, 5.41) is 3.62. The number of carbonyl (C=O) groups excluding carboxylic acids is 1. The molecule has 2 rings (SSSR count). The van der Waals surface area contributed by atoms with Crippen LogP contribution in [-0.2, 0) is 14.8 Å². The third-order valence-electron chi connectivity index (χ3n) is 4.82. The number of nitrogens with one attached hydrogen (secondary N) is 1. The Morgan fingerprint density at radius 1 is 1.14 bits per heavy atom. The van der Waals surface area contributed by atoms with Gasteiger partial charge in [0.05, 0.1) is 18.0 Å². The number of halogens is 1. The molecule has 0 fully saturated rings. The molecule has 0 heterocycles. The predicted molar refractivity (Wildman–Crippen MR) is 120 cm³/mol.